The maximum atomic E-state index is 12.5. The molecule has 10 heteroatoms. The number of carbonyl (C=O) groups excluding carboxylic acids is 1. The number of aromatic nitrogens is 2. The predicted molar refractivity (Wildman–Crippen MR) is 126 cm³/mol. The van der Waals surface area contributed by atoms with Crippen molar-refractivity contribution in [3.8, 4) is 23.1 Å². The van der Waals surface area contributed by atoms with Crippen LogP contribution in [0, 0.1) is 0 Å². The molecule has 0 radical (unpaired) electrons. The molecular weight excluding hydrogens is 469 g/mol. The fraction of sp³-hybridized carbons (Fsp3) is 0.217. The lowest BCUT2D eigenvalue weighted by atomic mass is 10.2. The van der Waals surface area contributed by atoms with Crippen molar-refractivity contribution in [2.75, 3.05) is 21.3 Å². The highest BCUT2D eigenvalue weighted by atomic mass is 35.5. The van der Waals surface area contributed by atoms with Crippen LogP contribution in [-0.2, 0) is 18.5 Å². The normalized spacial score (nSPS) is 10.6. The molecule has 0 unspecified atom stereocenters. The summed E-state index contributed by atoms with van der Waals surface area (Å²) in [5, 5.41) is 5.89. The van der Waals surface area contributed by atoms with Gasteiger partial charge in [0.2, 0.25) is 5.88 Å². The number of hydrogen-bond acceptors (Lipinski definition) is 6. The van der Waals surface area contributed by atoms with Crippen molar-refractivity contribution in [2.24, 2.45) is 7.05 Å². The average molecular weight is 492 g/mol. The molecule has 2 aromatic carbocycles. The molecule has 0 spiro atoms. The molecule has 1 aromatic heterocycles. The smallest absolute Gasteiger partial charge is 0.298 e. The van der Waals surface area contributed by atoms with Crippen LogP contribution < -0.4 is 14.2 Å². The van der Waals surface area contributed by atoms with Gasteiger partial charge >= 0.3 is 0 Å². The summed E-state index contributed by atoms with van der Waals surface area (Å²) >= 11 is 12.7. The van der Waals surface area contributed by atoms with Crippen LogP contribution in [0.4, 0.5) is 0 Å². The number of halogens is 2. The lowest BCUT2D eigenvalue weighted by Crippen LogP contribution is -2.26. The summed E-state index contributed by atoms with van der Waals surface area (Å²) in [4.78, 5) is 17.5. The third kappa shape index (κ3) is 5.42. The molecule has 3 rings (SSSR count). The SMILES string of the molecule is C=Cc1c(C(=O)N(C)OC)nn(C)c1Oc1cc(OCc2ccc(OC)cc2)c(Cl)cc1Cl. The zero-order valence-corrected chi connectivity index (χ0v) is 20.1. The first-order valence-electron chi connectivity index (χ1n) is 9.73. The van der Waals surface area contributed by atoms with Crippen molar-refractivity contribution in [1.29, 1.82) is 0 Å². The maximum absolute atomic E-state index is 12.5. The van der Waals surface area contributed by atoms with E-state index in [1.165, 1.54) is 31.0 Å². The molecule has 0 saturated heterocycles. The van der Waals surface area contributed by atoms with Gasteiger partial charge in [-0.3, -0.25) is 9.63 Å². The van der Waals surface area contributed by atoms with E-state index < -0.39 is 5.91 Å². The highest BCUT2D eigenvalue weighted by Gasteiger charge is 2.25. The summed E-state index contributed by atoms with van der Waals surface area (Å²) in [5.74, 6) is 1.22. The number of nitrogens with zero attached hydrogens (tertiary/aromatic N) is 3. The van der Waals surface area contributed by atoms with E-state index in [9.17, 15) is 4.79 Å². The Labute approximate surface area is 201 Å². The molecule has 0 saturated carbocycles. The van der Waals surface area contributed by atoms with Crippen LogP contribution in [0.3, 0.4) is 0 Å². The van der Waals surface area contributed by atoms with Gasteiger partial charge in [0, 0.05) is 20.2 Å². The number of hydrogen-bond donors (Lipinski definition) is 0. The minimum atomic E-state index is -0.455. The van der Waals surface area contributed by atoms with Crippen molar-refractivity contribution < 1.29 is 23.8 Å². The molecule has 3 aromatic rings. The van der Waals surface area contributed by atoms with Gasteiger partial charge in [0.05, 0.1) is 29.8 Å². The third-order valence-corrected chi connectivity index (χ3v) is 5.33. The van der Waals surface area contributed by atoms with Gasteiger partial charge in [0.25, 0.3) is 5.91 Å². The predicted octanol–water partition coefficient (Wildman–Crippen LogP) is 5.38. The number of carbonyl (C=O) groups is 1. The van der Waals surface area contributed by atoms with Crippen molar-refractivity contribution in [3.05, 3.63) is 69.8 Å². The monoisotopic (exact) mass is 491 g/mol. The summed E-state index contributed by atoms with van der Waals surface area (Å²) in [5.41, 5.74) is 1.43. The molecule has 0 atom stereocenters. The Bertz CT molecular complexity index is 1160. The molecule has 0 aliphatic rings. The zero-order valence-electron chi connectivity index (χ0n) is 18.6. The van der Waals surface area contributed by atoms with Crippen molar-refractivity contribution in [1.82, 2.24) is 14.8 Å². The van der Waals surface area contributed by atoms with Crippen LogP contribution in [0.15, 0.2) is 43.0 Å². The van der Waals surface area contributed by atoms with Crippen molar-refractivity contribution >= 4 is 35.2 Å². The molecule has 174 valence electrons. The summed E-state index contributed by atoms with van der Waals surface area (Å²) < 4.78 is 18.5. The molecule has 1 heterocycles. The van der Waals surface area contributed by atoms with Gasteiger partial charge in [0.1, 0.15) is 18.1 Å². The van der Waals surface area contributed by atoms with E-state index in [4.69, 9.17) is 42.3 Å². The van der Waals surface area contributed by atoms with Crippen LogP contribution in [0.1, 0.15) is 21.6 Å². The second kappa shape index (κ2) is 10.6. The number of methoxy groups -OCH3 is 1. The Morgan fingerprint density at radius 1 is 1.15 bits per heavy atom. The highest BCUT2D eigenvalue weighted by Crippen LogP contribution is 2.39. The molecule has 33 heavy (non-hydrogen) atoms. The largest absolute Gasteiger partial charge is 0.497 e. The fourth-order valence-corrected chi connectivity index (χ4v) is 3.38. The first kappa shape index (κ1) is 24.4. The number of rotatable bonds is 9. The van der Waals surface area contributed by atoms with E-state index in [-0.39, 0.29) is 29.0 Å². The Balaban J connectivity index is 1.87. The maximum Gasteiger partial charge on any atom is 0.298 e. The van der Waals surface area contributed by atoms with E-state index in [0.717, 1.165) is 16.4 Å². The quantitative estimate of drug-likeness (QED) is 0.374. The highest BCUT2D eigenvalue weighted by molar-refractivity contribution is 6.36. The first-order chi connectivity index (χ1) is 15.8. The zero-order chi connectivity index (χ0) is 24.1. The van der Waals surface area contributed by atoms with E-state index in [1.807, 2.05) is 24.3 Å². The number of hydroxylamine groups is 2. The molecule has 1 amide bonds. The second-order valence-electron chi connectivity index (χ2n) is 6.83. The first-order valence-corrected chi connectivity index (χ1v) is 10.5. The van der Waals surface area contributed by atoms with Crippen molar-refractivity contribution in [2.45, 2.75) is 6.61 Å². The van der Waals surface area contributed by atoms with Gasteiger partial charge in [-0.25, -0.2) is 9.75 Å². The second-order valence-corrected chi connectivity index (χ2v) is 7.65. The van der Waals surface area contributed by atoms with Crippen LogP contribution in [0.25, 0.3) is 6.08 Å². The van der Waals surface area contributed by atoms with Crippen LogP contribution in [0.2, 0.25) is 10.0 Å². The fourth-order valence-electron chi connectivity index (χ4n) is 2.91. The van der Waals surface area contributed by atoms with Crippen LogP contribution >= 0.6 is 23.2 Å². The van der Waals surface area contributed by atoms with E-state index >= 15 is 0 Å². The van der Waals surface area contributed by atoms with Gasteiger partial charge in [0.15, 0.2) is 11.4 Å². The summed E-state index contributed by atoms with van der Waals surface area (Å²) in [6.07, 6.45) is 1.48. The summed E-state index contributed by atoms with van der Waals surface area (Å²) in [6.45, 7) is 4.05. The molecule has 0 N–H and O–H groups in total. The van der Waals surface area contributed by atoms with Crippen LogP contribution in [-0.4, -0.2) is 42.0 Å². The van der Waals surface area contributed by atoms with Gasteiger partial charge in [-0.15, -0.1) is 0 Å². The summed E-state index contributed by atoms with van der Waals surface area (Å²) in [6, 6.07) is 10.6. The Hall–Kier alpha value is -3.20. The summed E-state index contributed by atoms with van der Waals surface area (Å²) in [7, 11) is 6.10. The van der Waals surface area contributed by atoms with Crippen LogP contribution in [0.5, 0.6) is 23.1 Å². The third-order valence-electron chi connectivity index (χ3n) is 4.74. The molecule has 8 nitrogen and oxygen atoms in total. The topological polar surface area (TPSA) is 75.1 Å². The molecule has 0 aliphatic heterocycles. The minimum Gasteiger partial charge on any atom is -0.497 e. The average Bonchev–Trinajstić information content (AvgIpc) is 3.14. The number of benzene rings is 2. The van der Waals surface area contributed by atoms with Gasteiger partial charge in [-0.05, 0) is 23.8 Å². The molecule has 0 bridgehead atoms. The van der Waals surface area contributed by atoms with Gasteiger partial charge < -0.3 is 14.2 Å². The minimum absolute atomic E-state index is 0.118. The standard InChI is InChI=1S/C23H23Cl2N3O5/c1-6-16-21(22(29)28(3)31-5)26-27(2)23(16)33-20-12-19(17(24)11-18(20)25)32-13-14-7-9-15(30-4)10-8-14/h6-12H,1,13H2,2-5H3. The van der Waals surface area contributed by atoms with E-state index in [2.05, 4.69) is 11.7 Å². The Morgan fingerprint density at radius 2 is 1.82 bits per heavy atom. The van der Waals surface area contributed by atoms with E-state index in [0.29, 0.717) is 16.3 Å². The van der Waals surface area contributed by atoms with Gasteiger partial charge in [-0.2, -0.15) is 5.10 Å². The molecule has 0 aliphatic carbocycles. The molecule has 0 fully saturated rings. The van der Waals surface area contributed by atoms with Gasteiger partial charge in [-0.1, -0.05) is 48.0 Å². The number of ether oxygens (including phenoxy) is 3. The number of amides is 1. The lowest BCUT2D eigenvalue weighted by molar-refractivity contribution is -0.0761. The lowest BCUT2D eigenvalue weighted by Gasteiger charge is -2.14. The number of aryl methyl sites for hydroxylation is 1. The Morgan fingerprint density at radius 3 is 2.42 bits per heavy atom. The van der Waals surface area contributed by atoms with Crippen molar-refractivity contribution in [3.63, 3.8) is 0 Å². The Kier molecular flexibility index (Phi) is 7.86. The molecular formula is C23H23Cl2N3O5. The van der Waals surface area contributed by atoms with E-state index in [1.54, 1.807) is 20.2 Å².